The fraction of sp³-hybridized carbons (Fsp3) is 0.500. The van der Waals surface area contributed by atoms with Gasteiger partial charge in [-0.2, -0.15) is 15.0 Å². The van der Waals surface area contributed by atoms with Crippen molar-refractivity contribution in [3.63, 3.8) is 0 Å². The first kappa shape index (κ1) is 10.4. The normalized spacial score (nSPS) is 9.93. The molecule has 0 saturated carbocycles. The number of nitrogen functional groups attached to an aromatic ring is 1. The molecule has 1 aromatic heterocycles. The zero-order valence-electron chi connectivity index (χ0n) is 8.18. The van der Waals surface area contributed by atoms with Gasteiger partial charge in [-0.3, -0.25) is 9.68 Å². The molecule has 14 heavy (non-hydrogen) atoms. The number of rotatable bonds is 4. The van der Waals surface area contributed by atoms with E-state index in [4.69, 9.17) is 10.6 Å². The molecule has 0 amide bonds. The van der Waals surface area contributed by atoms with Gasteiger partial charge in [0, 0.05) is 7.05 Å². The Morgan fingerprint density at radius 3 is 2.57 bits per heavy atom. The molecule has 8 nitrogen and oxygen atoms in total. The summed E-state index contributed by atoms with van der Waals surface area (Å²) in [7, 11) is 4.58. The predicted molar refractivity (Wildman–Crippen MR) is 50.3 cm³/mol. The van der Waals surface area contributed by atoms with Gasteiger partial charge in [0.05, 0.1) is 14.2 Å². The van der Waals surface area contributed by atoms with E-state index in [2.05, 4.69) is 25.3 Å². The van der Waals surface area contributed by atoms with Crippen molar-refractivity contribution in [2.24, 2.45) is 0 Å². The molecule has 1 rings (SSSR count). The lowest BCUT2D eigenvalue weighted by Crippen LogP contribution is -2.19. The average Bonchev–Trinajstić information content (AvgIpc) is 2.16. The van der Waals surface area contributed by atoms with Crippen molar-refractivity contribution >= 4 is 17.8 Å². The summed E-state index contributed by atoms with van der Waals surface area (Å²) in [4.78, 5) is 21.1. The largest absolute Gasteiger partial charge is 0.368 e. The molecule has 0 radical (unpaired) electrons. The Morgan fingerprint density at radius 2 is 2.00 bits per heavy atom. The second-order valence-corrected chi connectivity index (χ2v) is 2.30. The number of hydrogen-bond acceptors (Lipinski definition) is 8. The second kappa shape index (κ2) is 4.53. The maximum absolute atomic E-state index is 5.44. The quantitative estimate of drug-likeness (QED) is 0.623. The molecule has 0 saturated heterocycles. The zero-order valence-corrected chi connectivity index (χ0v) is 8.18. The van der Waals surface area contributed by atoms with E-state index in [0.717, 1.165) is 0 Å². The Balaban J connectivity index is 2.94. The molecule has 0 fully saturated rings. The van der Waals surface area contributed by atoms with Gasteiger partial charge in [0.1, 0.15) is 0 Å². The van der Waals surface area contributed by atoms with Crippen molar-refractivity contribution in [3.05, 3.63) is 0 Å². The van der Waals surface area contributed by atoms with Gasteiger partial charge < -0.3 is 5.73 Å². The number of anilines is 3. The van der Waals surface area contributed by atoms with Crippen LogP contribution < -0.4 is 16.3 Å². The third kappa shape index (κ3) is 2.41. The molecule has 1 aromatic rings. The van der Waals surface area contributed by atoms with E-state index in [-0.39, 0.29) is 11.9 Å². The minimum atomic E-state index is 0.0819. The van der Waals surface area contributed by atoms with Crippen molar-refractivity contribution in [1.82, 2.24) is 15.0 Å². The first-order valence-electron chi connectivity index (χ1n) is 3.75. The maximum atomic E-state index is 5.44. The van der Waals surface area contributed by atoms with Gasteiger partial charge in [0.2, 0.25) is 5.95 Å². The lowest BCUT2D eigenvalue weighted by molar-refractivity contribution is 0.179. The Morgan fingerprint density at radius 1 is 1.29 bits per heavy atom. The molecule has 0 unspecified atom stereocenters. The zero-order chi connectivity index (χ0) is 10.6. The molecule has 3 N–H and O–H groups in total. The van der Waals surface area contributed by atoms with Crippen LogP contribution in [-0.4, -0.2) is 36.2 Å². The van der Waals surface area contributed by atoms with E-state index in [9.17, 15) is 0 Å². The van der Waals surface area contributed by atoms with Crippen LogP contribution in [0.4, 0.5) is 17.8 Å². The first-order chi connectivity index (χ1) is 6.67. The van der Waals surface area contributed by atoms with Crippen LogP contribution in [0, 0.1) is 0 Å². The number of hydrogen-bond donors (Lipinski definition) is 2. The summed E-state index contributed by atoms with van der Waals surface area (Å²) < 4.78 is 0. The van der Waals surface area contributed by atoms with Crippen LogP contribution in [0.3, 0.4) is 0 Å². The molecule has 0 bridgehead atoms. The highest BCUT2D eigenvalue weighted by Gasteiger charge is 2.07. The molecule has 8 heteroatoms. The first-order valence-corrected chi connectivity index (χ1v) is 3.75. The lowest BCUT2D eigenvalue weighted by Gasteiger charge is -2.13. The highest BCUT2D eigenvalue weighted by atomic mass is 16.7. The van der Waals surface area contributed by atoms with Crippen LogP contribution in [0.25, 0.3) is 0 Å². The van der Waals surface area contributed by atoms with Crippen molar-refractivity contribution in [3.8, 4) is 0 Å². The molecule has 0 aromatic carbocycles. The number of nitrogens with one attached hydrogen (secondary N) is 1. The summed E-state index contributed by atoms with van der Waals surface area (Å²) >= 11 is 0. The van der Waals surface area contributed by atoms with Crippen LogP contribution in [-0.2, 0) is 9.68 Å². The summed E-state index contributed by atoms with van der Waals surface area (Å²) in [6.07, 6.45) is 0. The van der Waals surface area contributed by atoms with Crippen LogP contribution in [0.2, 0.25) is 0 Å². The third-order valence-corrected chi connectivity index (χ3v) is 1.39. The number of hydroxylamine groups is 1. The molecule has 0 aliphatic carbocycles. The van der Waals surface area contributed by atoms with E-state index in [1.165, 1.54) is 19.3 Å². The van der Waals surface area contributed by atoms with Crippen LogP contribution in [0.15, 0.2) is 0 Å². The van der Waals surface area contributed by atoms with Gasteiger partial charge in [0.25, 0.3) is 11.9 Å². The minimum absolute atomic E-state index is 0.0819. The number of nitrogens with zero attached hydrogens (tertiary/aromatic N) is 4. The SMILES string of the molecule is CONc1nc(N)nc(N(C)OC)n1. The summed E-state index contributed by atoms with van der Waals surface area (Å²) in [6, 6.07) is 0. The van der Waals surface area contributed by atoms with Crippen LogP contribution >= 0.6 is 0 Å². The van der Waals surface area contributed by atoms with Crippen molar-refractivity contribution in [2.75, 3.05) is 37.5 Å². The molecule has 0 aliphatic rings. The third-order valence-electron chi connectivity index (χ3n) is 1.39. The van der Waals surface area contributed by atoms with Crippen LogP contribution in [0.1, 0.15) is 0 Å². The van der Waals surface area contributed by atoms with E-state index < -0.39 is 0 Å². The van der Waals surface area contributed by atoms with Crippen molar-refractivity contribution in [2.45, 2.75) is 0 Å². The highest BCUT2D eigenvalue weighted by Crippen LogP contribution is 2.09. The number of aromatic nitrogens is 3. The Bertz CT molecular complexity index is 306. The Labute approximate surface area is 81.0 Å². The van der Waals surface area contributed by atoms with Gasteiger partial charge >= 0.3 is 0 Å². The monoisotopic (exact) mass is 200 g/mol. The number of nitrogens with two attached hydrogens (primary N) is 1. The van der Waals surface area contributed by atoms with E-state index in [1.54, 1.807) is 7.05 Å². The average molecular weight is 200 g/mol. The fourth-order valence-electron chi connectivity index (χ4n) is 0.740. The molecule has 1 heterocycles. The standard InChI is InChI=1S/C6H12N6O2/c1-12(14-3)6-9-4(7)8-5(10-6)11-13-2/h1-3H3,(H3,7,8,9,10,11). The van der Waals surface area contributed by atoms with Gasteiger partial charge in [-0.05, 0) is 0 Å². The smallest absolute Gasteiger partial charge is 0.256 e. The van der Waals surface area contributed by atoms with E-state index in [0.29, 0.717) is 5.95 Å². The summed E-state index contributed by atoms with van der Waals surface area (Å²) in [5.41, 5.74) is 7.89. The maximum Gasteiger partial charge on any atom is 0.256 e. The molecular weight excluding hydrogens is 188 g/mol. The van der Waals surface area contributed by atoms with Crippen molar-refractivity contribution < 1.29 is 9.68 Å². The molecule has 0 aliphatic heterocycles. The van der Waals surface area contributed by atoms with Crippen LogP contribution in [0.5, 0.6) is 0 Å². The molecule has 0 spiro atoms. The summed E-state index contributed by atoms with van der Waals surface area (Å²) in [5, 5.41) is 1.35. The Hall–Kier alpha value is -1.67. The second-order valence-electron chi connectivity index (χ2n) is 2.30. The fourth-order valence-corrected chi connectivity index (χ4v) is 0.740. The minimum Gasteiger partial charge on any atom is -0.368 e. The van der Waals surface area contributed by atoms with Gasteiger partial charge in [0.15, 0.2) is 0 Å². The highest BCUT2D eigenvalue weighted by molar-refractivity contribution is 5.38. The molecular formula is C6H12N6O2. The van der Waals surface area contributed by atoms with Gasteiger partial charge in [-0.15, -0.1) is 0 Å². The van der Waals surface area contributed by atoms with Crippen molar-refractivity contribution in [1.29, 1.82) is 0 Å². The van der Waals surface area contributed by atoms with Gasteiger partial charge in [-0.25, -0.2) is 10.5 Å². The molecule has 78 valence electrons. The summed E-state index contributed by atoms with van der Waals surface area (Å²) in [6.45, 7) is 0. The molecule has 0 atom stereocenters. The van der Waals surface area contributed by atoms with Gasteiger partial charge in [-0.1, -0.05) is 0 Å². The lowest BCUT2D eigenvalue weighted by atomic mass is 10.8. The van der Waals surface area contributed by atoms with E-state index in [1.807, 2.05) is 0 Å². The summed E-state index contributed by atoms with van der Waals surface area (Å²) in [5.74, 6) is 0.594. The topological polar surface area (TPSA) is 98.4 Å². The van der Waals surface area contributed by atoms with E-state index >= 15 is 0 Å². The predicted octanol–water partition coefficient (Wildman–Crippen LogP) is -0.575. The Kier molecular flexibility index (Phi) is 3.37.